The van der Waals surface area contributed by atoms with E-state index in [0.29, 0.717) is 48.1 Å². The second-order valence-electron chi connectivity index (χ2n) is 15.4. The van der Waals surface area contributed by atoms with Crippen LogP contribution in [0, 0.1) is 23.2 Å². The van der Waals surface area contributed by atoms with Gasteiger partial charge in [-0.25, -0.2) is 4.68 Å². The van der Waals surface area contributed by atoms with Crippen LogP contribution in [0.4, 0.5) is 19.0 Å². The van der Waals surface area contributed by atoms with Crippen LogP contribution < -0.4 is 9.64 Å². The Labute approximate surface area is 306 Å². The number of aromatic nitrogens is 5. The van der Waals surface area contributed by atoms with Crippen LogP contribution in [0.25, 0.3) is 16.8 Å². The first-order valence-electron chi connectivity index (χ1n) is 18.4. The Bertz CT molecular complexity index is 1950. The van der Waals surface area contributed by atoms with E-state index in [9.17, 15) is 22.8 Å². The normalized spacial score (nSPS) is 23.7. The minimum atomic E-state index is -4.68. The molecule has 5 aliphatic rings. The van der Waals surface area contributed by atoms with Gasteiger partial charge >= 0.3 is 6.18 Å². The first-order valence-corrected chi connectivity index (χ1v) is 18.4. The van der Waals surface area contributed by atoms with Crippen molar-refractivity contribution < 1.29 is 27.5 Å². The summed E-state index contributed by atoms with van der Waals surface area (Å²) in [5, 5.41) is 12.9. The van der Waals surface area contributed by atoms with Gasteiger partial charge in [0.25, 0.3) is 11.8 Å². The lowest BCUT2D eigenvalue weighted by Gasteiger charge is -2.57. The van der Waals surface area contributed by atoms with Gasteiger partial charge in [-0.2, -0.15) is 18.3 Å². The third-order valence-corrected chi connectivity index (χ3v) is 11.5. The third-order valence-electron chi connectivity index (χ3n) is 11.5. The summed E-state index contributed by atoms with van der Waals surface area (Å²) in [6, 6.07) is 8.55. The summed E-state index contributed by atoms with van der Waals surface area (Å²) in [5.41, 5.74) is 0.935. The van der Waals surface area contributed by atoms with Gasteiger partial charge in [-0.1, -0.05) is 0 Å². The zero-order chi connectivity index (χ0) is 36.9. The van der Waals surface area contributed by atoms with Crippen LogP contribution in [0.1, 0.15) is 71.9 Å². The van der Waals surface area contributed by atoms with Gasteiger partial charge in [0.05, 0.1) is 30.3 Å². The first kappa shape index (κ1) is 35.0. The van der Waals surface area contributed by atoms with Crippen molar-refractivity contribution in [1.82, 2.24) is 34.8 Å². The topological polar surface area (TPSA) is 110 Å². The highest BCUT2D eigenvalue weighted by molar-refractivity contribution is 5.95. The molecule has 0 spiro atoms. The van der Waals surface area contributed by atoms with E-state index in [2.05, 4.69) is 20.3 Å². The number of piperazine rings is 1. The van der Waals surface area contributed by atoms with Crippen molar-refractivity contribution >= 4 is 17.6 Å². The number of ether oxygens (including phenoxy) is 1. The van der Waals surface area contributed by atoms with Crippen molar-refractivity contribution in [1.29, 1.82) is 0 Å². The minimum Gasteiger partial charge on any atom is -0.492 e. The molecule has 1 saturated heterocycles. The number of halogens is 3. The number of hydrogen-bond donors (Lipinski definition) is 0. The number of amides is 2. The van der Waals surface area contributed by atoms with Crippen molar-refractivity contribution in [3.63, 3.8) is 0 Å². The number of alkyl halides is 3. The number of anilines is 1. The molecule has 0 radical (unpaired) electrons. The predicted molar refractivity (Wildman–Crippen MR) is 191 cm³/mol. The summed E-state index contributed by atoms with van der Waals surface area (Å²) in [6.07, 6.45) is 9.38. The Kier molecular flexibility index (Phi) is 9.10. The Morgan fingerprint density at radius 1 is 0.906 bits per heavy atom. The van der Waals surface area contributed by atoms with E-state index in [-0.39, 0.29) is 35.7 Å². The highest BCUT2D eigenvalue weighted by Crippen LogP contribution is 2.60. The number of hydrogen-bond acceptors (Lipinski definition) is 8. The second kappa shape index (κ2) is 13.8. The molecule has 278 valence electrons. The smallest absolute Gasteiger partial charge is 0.416 e. The van der Waals surface area contributed by atoms with E-state index < -0.39 is 17.6 Å². The lowest BCUT2D eigenvalue weighted by molar-refractivity contribution is -0.137. The van der Waals surface area contributed by atoms with E-state index in [1.54, 1.807) is 41.7 Å². The number of nitrogens with zero attached hydrogens (tertiary/aromatic N) is 8. The summed E-state index contributed by atoms with van der Waals surface area (Å²) in [6.45, 7) is 4.43. The van der Waals surface area contributed by atoms with Crippen molar-refractivity contribution in [2.24, 2.45) is 23.2 Å². The van der Waals surface area contributed by atoms with Gasteiger partial charge in [-0.05, 0) is 105 Å². The van der Waals surface area contributed by atoms with Crippen LogP contribution in [0.5, 0.6) is 5.75 Å². The molecule has 53 heavy (non-hydrogen) atoms. The Morgan fingerprint density at radius 3 is 2.26 bits per heavy atom. The van der Waals surface area contributed by atoms with Gasteiger partial charge in [0.15, 0.2) is 11.5 Å². The molecule has 4 aromatic rings. The lowest BCUT2D eigenvalue weighted by Crippen LogP contribution is -2.51. The average Bonchev–Trinajstić information content (AvgIpc) is 3.64. The fourth-order valence-electron chi connectivity index (χ4n) is 9.65. The standard InChI is InChI=1S/C39H43F3N8O3/c1-3-53-33-15-29(20-43-22-33)30-21-44-50(23-30)32-14-28(13-31(16-32)39(40,41)42)36(51)49-8-6-48(7-9-49)35-5-4-34(45-46-35)37(52)47(2)24-38-17-25-10-26(18-38)12-27(11-25)19-38/h4-5,13-16,20-23,25-27H,3,6-12,17-19,24H2,1-2H3. The zero-order valence-electron chi connectivity index (χ0n) is 29.9. The summed E-state index contributed by atoms with van der Waals surface area (Å²) in [5.74, 6) is 2.94. The third kappa shape index (κ3) is 7.19. The molecule has 14 heteroatoms. The van der Waals surface area contributed by atoms with E-state index >= 15 is 0 Å². The Balaban J connectivity index is 0.916. The minimum absolute atomic E-state index is 0.0827. The summed E-state index contributed by atoms with van der Waals surface area (Å²) in [7, 11) is 1.87. The van der Waals surface area contributed by atoms with Crippen LogP contribution in [0.2, 0.25) is 0 Å². The molecule has 2 amide bonds. The van der Waals surface area contributed by atoms with Crippen LogP contribution in [0.15, 0.2) is 61.2 Å². The van der Waals surface area contributed by atoms with Crippen LogP contribution in [-0.4, -0.2) is 93.0 Å². The molecule has 4 heterocycles. The van der Waals surface area contributed by atoms with Gasteiger partial charge in [-0.15, -0.1) is 10.2 Å². The molecule has 0 N–H and O–H groups in total. The largest absolute Gasteiger partial charge is 0.492 e. The van der Waals surface area contributed by atoms with Gasteiger partial charge < -0.3 is 19.4 Å². The maximum Gasteiger partial charge on any atom is 0.416 e. The van der Waals surface area contributed by atoms with Gasteiger partial charge in [0.1, 0.15) is 5.75 Å². The number of pyridine rings is 1. The van der Waals surface area contributed by atoms with Crippen molar-refractivity contribution in [2.75, 3.05) is 51.3 Å². The Hall–Kier alpha value is -5.01. The number of rotatable bonds is 9. The van der Waals surface area contributed by atoms with Crippen LogP contribution in [-0.2, 0) is 6.18 Å². The molecule has 4 bridgehead atoms. The monoisotopic (exact) mass is 728 g/mol. The maximum atomic E-state index is 14.1. The molecule has 0 atom stereocenters. The second-order valence-corrected chi connectivity index (χ2v) is 15.4. The average molecular weight is 729 g/mol. The summed E-state index contributed by atoms with van der Waals surface area (Å²) in [4.78, 5) is 36.6. The summed E-state index contributed by atoms with van der Waals surface area (Å²) < 4.78 is 49.0. The van der Waals surface area contributed by atoms with Gasteiger partial charge in [0.2, 0.25) is 0 Å². The zero-order valence-corrected chi connectivity index (χ0v) is 29.9. The molecular weight excluding hydrogens is 685 g/mol. The molecule has 4 aliphatic carbocycles. The van der Waals surface area contributed by atoms with Crippen molar-refractivity contribution in [2.45, 2.75) is 51.6 Å². The fraction of sp³-hybridized carbons (Fsp3) is 0.487. The van der Waals surface area contributed by atoms with E-state index in [0.717, 1.165) is 36.4 Å². The van der Waals surface area contributed by atoms with Crippen LogP contribution >= 0.6 is 0 Å². The number of carbonyl (C=O) groups excluding carboxylic acids is 2. The summed E-state index contributed by atoms with van der Waals surface area (Å²) >= 11 is 0. The first-order chi connectivity index (χ1) is 25.4. The molecule has 1 aliphatic heterocycles. The predicted octanol–water partition coefficient (Wildman–Crippen LogP) is 6.39. The molecule has 9 rings (SSSR count). The van der Waals surface area contributed by atoms with Crippen molar-refractivity contribution in [3.05, 3.63) is 78.0 Å². The van der Waals surface area contributed by atoms with E-state index in [1.807, 2.05) is 23.8 Å². The molecule has 1 aromatic carbocycles. The molecule has 0 unspecified atom stereocenters. The Morgan fingerprint density at radius 2 is 1.62 bits per heavy atom. The molecule has 11 nitrogen and oxygen atoms in total. The highest BCUT2D eigenvalue weighted by Gasteiger charge is 2.51. The van der Waals surface area contributed by atoms with Gasteiger partial charge in [0, 0.05) is 68.9 Å². The fourth-order valence-corrected chi connectivity index (χ4v) is 9.65. The molecule has 4 saturated carbocycles. The quantitative estimate of drug-likeness (QED) is 0.195. The lowest BCUT2D eigenvalue weighted by atomic mass is 9.49. The van der Waals surface area contributed by atoms with Crippen LogP contribution in [0.3, 0.4) is 0 Å². The molecule has 5 fully saturated rings. The maximum absolute atomic E-state index is 14.1. The molecule has 3 aromatic heterocycles. The van der Waals surface area contributed by atoms with Gasteiger partial charge in [-0.3, -0.25) is 14.6 Å². The number of carbonyl (C=O) groups is 2. The van der Waals surface area contributed by atoms with E-state index in [1.165, 1.54) is 55.5 Å². The SMILES string of the molecule is CCOc1cncc(-c2cnn(-c3cc(C(=O)N4CCN(c5ccc(C(=O)N(C)CC67CC8CC(CC(C8)C6)C7)nn5)CC4)cc(C(F)(F)F)c3)c2)c1. The van der Waals surface area contributed by atoms with E-state index in [4.69, 9.17) is 4.74 Å². The highest BCUT2D eigenvalue weighted by atomic mass is 19.4. The number of benzene rings is 1. The van der Waals surface area contributed by atoms with Crippen molar-refractivity contribution in [3.8, 4) is 22.6 Å². The molecular formula is C39H43F3N8O3.